The Morgan fingerprint density at radius 1 is 0.963 bits per heavy atom. The van der Waals surface area contributed by atoms with Crippen LogP contribution in [0.1, 0.15) is 52.0 Å². The Hall–Kier alpha value is -2.24. The highest BCUT2D eigenvalue weighted by Crippen LogP contribution is 2.28. The zero-order chi connectivity index (χ0) is 20.1. The Morgan fingerprint density at radius 2 is 1.67 bits per heavy atom. The highest BCUT2D eigenvalue weighted by Gasteiger charge is 2.15. The Labute approximate surface area is 162 Å². The standard InChI is InChI=1S/C21H33NO5/c1-5-8-9-20(23)22(15-13-21(24)25-4)14-12-17-10-11-18(26-6-2)19(16-17)27-7-3/h10-11,16H,5-9,12-15H2,1-4H3. The molecule has 0 saturated heterocycles. The number of nitrogens with zero attached hydrogens (tertiary/aromatic N) is 1. The SMILES string of the molecule is CCCCC(=O)N(CCC(=O)OC)CCc1ccc(OCC)c(OCC)c1. The van der Waals surface area contributed by atoms with Crippen molar-refractivity contribution in [2.75, 3.05) is 33.4 Å². The molecule has 0 atom stereocenters. The molecule has 0 aliphatic heterocycles. The second-order valence-corrected chi connectivity index (χ2v) is 6.21. The van der Waals surface area contributed by atoms with Crippen LogP contribution in [0.15, 0.2) is 18.2 Å². The minimum atomic E-state index is -0.303. The number of carbonyl (C=O) groups excluding carboxylic acids is 2. The average molecular weight is 379 g/mol. The van der Waals surface area contributed by atoms with Crippen molar-refractivity contribution in [2.45, 2.75) is 52.9 Å². The van der Waals surface area contributed by atoms with E-state index in [1.54, 1.807) is 4.90 Å². The molecule has 152 valence electrons. The van der Waals surface area contributed by atoms with Crippen LogP contribution < -0.4 is 9.47 Å². The summed E-state index contributed by atoms with van der Waals surface area (Å²) in [5, 5.41) is 0. The van der Waals surface area contributed by atoms with Crippen molar-refractivity contribution in [3.8, 4) is 11.5 Å². The number of methoxy groups -OCH3 is 1. The lowest BCUT2D eigenvalue weighted by Gasteiger charge is -2.22. The first-order valence-electron chi connectivity index (χ1n) is 9.78. The molecular weight excluding hydrogens is 346 g/mol. The second-order valence-electron chi connectivity index (χ2n) is 6.21. The van der Waals surface area contributed by atoms with Crippen molar-refractivity contribution in [1.29, 1.82) is 0 Å². The summed E-state index contributed by atoms with van der Waals surface area (Å²) in [6.45, 7) is 8.00. The lowest BCUT2D eigenvalue weighted by Crippen LogP contribution is -2.34. The average Bonchev–Trinajstić information content (AvgIpc) is 2.67. The predicted octanol–water partition coefficient (Wildman–Crippen LogP) is 3.61. The van der Waals surface area contributed by atoms with Gasteiger partial charge in [-0.05, 0) is 44.4 Å². The molecular formula is C21H33NO5. The number of amides is 1. The summed E-state index contributed by atoms with van der Waals surface area (Å²) in [7, 11) is 1.36. The van der Waals surface area contributed by atoms with Gasteiger partial charge < -0.3 is 19.1 Å². The van der Waals surface area contributed by atoms with Crippen LogP contribution >= 0.6 is 0 Å². The fourth-order valence-electron chi connectivity index (χ4n) is 2.69. The Morgan fingerprint density at radius 3 is 2.30 bits per heavy atom. The maximum atomic E-state index is 12.5. The number of hydrogen-bond donors (Lipinski definition) is 0. The topological polar surface area (TPSA) is 65.1 Å². The molecule has 27 heavy (non-hydrogen) atoms. The van der Waals surface area contributed by atoms with Crippen molar-refractivity contribution in [2.24, 2.45) is 0 Å². The van der Waals surface area contributed by atoms with Crippen molar-refractivity contribution >= 4 is 11.9 Å². The number of benzene rings is 1. The van der Waals surface area contributed by atoms with Gasteiger partial charge in [-0.3, -0.25) is 9.59 Å². The molecule has 0 aliphatic rings. The van der Waals surface area contributed by atoms with Gasteiger partial charge in [-0.1, -0.05) is 19.4 Å². The van der Waals surface area contributed by atoms with Gasteiger partial charge in [0, 0.05) is 19.5 Å². The Bertz CT molecular complexity index is 588. The molecule has 1 amide bonds. The van der Waals surface area contributed by atoms with E-state index in [2.05, 4.69) is 6.92 Å². The summed E-state index contributed by atoms with van der Waals surface area (Å²) in [6.07, 6.45) is 3.22. The molecule has 0 N–H and O–H groups in total. The molecule has 6 nitrogen and oxygen atoms in total. The lowest BCUT2D eigenvalue weighted by atomic mass is 10.1. The summed E-state index contributed by atoms with van der Waals surface area (Å²) in [4.78, 5) is 25.7. The monoisotopic (exact) mass is 379 g/mol. The maximum absolute atomic E-state index is 12.5. The smallest absolute Gasteiger partial charge is 0.307 e. The third-order valence-electron chi connectivity index (χ3n) is 4.19. The molecule has 1 aromatic carbocycles. The van der Waals surface area contributed by atoms with Gasteiger partial charge in [0.15, 0.2) is 11.5 Å². The first-order chi connectivity index (χ1) is 13.0. The molecule has 0 heterocycles. The van der Waals surface area contributed by atoms with Crippen LogP contribution in [0.3, 0.4) is 0 Å². The van der Waals surface area contributed by atoms with Crippen LogP contribution in [0.5, 0.6) is 11.5 Å². The molecule has 0 saturated carbocycles. The van der Waals surface area contributed by atoms with E-state index in [9.17, 15) is 9.59 Å². The Kier molecular flexibility index (Phi) is 11.0. The molecule has 0 unspecified atom stereocenters. The number of rotatable bonds is 13. The van der Waals surface area contributed by atoms with Crippen molar-refractivity contribution in [1.82, 2.24) is 4.90 Å². The van der Waals surface area contributed by atoms with Gasteiger partial charge in [0.2, 0.25) is 5.91 Å². The minimum absolute atomic E-state index is 0.0803. The molecule has 1 aromatic rings. The molecule has 0 aromatic heterocycles. The maximum Gasteiger partial charge on any atom is 0.307 e. The molecule has 0 bridgehead atoms. The summed E-state index contributed by atoms with van der Waals surface area (Å²) in [5.74, 6) is 1.22. The van der Waals surface area contributed by atoms with E-state index < -0.39 is 0 Å². The van der Waals surface area contributed by atoms with E-state index in [1.165, 1.54) is 7.11 Å². The lowest BCUT2D eigenvalue weighted by molar-refractivity contribution is -0.141. The zero-order valence-corrected chi connectivity index (χ0v) is 17.1. The Balaban J connectivity index is 2.78. The third kappa shape index (κ3) is 8.33. The van der Waals surface area contributed by atoms with E-state index in [0.29, 0.717) is 39.1 Å². The third-order valence-corrected chi connectivity index (χ3v) is 4.19. The summed E-state index contributed by atoms with van der Waals surface area (Å²) in [6, 6.07) is 5.85. The summed E-state index contributed by atoms with van der Waals surface area (Å²) >= 11 is 0. The van der Waals surface area contributed by atoms with Crippen molar-refractivity contribution in [3.05, 3.63) is 23.8 Å². The number of ether oxygens (including phenoxy) is 3. The molecule has 0 radical (unpaired) electrons. The van der Waals surface area contributed by atoms with Crippen LogP contribution in [-0.4, -0.2) is 50.2 Å². The van der Waals surface area contributed by atoms with Gasteiger partial charge in [0.25, 0.3) is 0 Å². The molecule has 1 rings (SSSR count). The van der Waals surface area contributed by atoms with E-state index in [-0.39, 0.29) is 18.3 Å². The van der Waals surface area contributed by atoms with Crippen LogP contribution in [0.25, 0.3) is 0 Å². The number of esters is 1. The minimum Gasteiger partial charge on any atom is -0.490 e. The summed E-state index contributed by atoms with van der Waals surface area (Å²) in [5.41, 5.74) is 1.06. The van der Waals surface area contributed by atoms with E-state index in [4.69, 9.17) is 14.2 Å². The number of unbranched alkanes of at least 4 members (excludes halogenated alkanes) is 1. The van der Waals surface area contributed by atoms with Crippen LogP contribution in [0.2, 0.25) is 0 Å². The number of hydrogen-bond acceptors (Lipinski definition) is 5. The molecule has 0 aliphatic carbocycles. The van der Waals surface area contributed by atoms with Gasteiger partial charge in [0.1, 0.15) is 0 Å². The molecule has 6 heteroatoms. The van der Waals surface area contributed by atoms with E-state index in [0.717, 1.165) is 29.9 Å². The first kappa shape index (κ1) is 22.8. The predicted molar refractivity (Wildman–Crippen MR) is 105 cm³/mol. The van der Waals surface area contributed by atoms with Crippen molar-refractivity contribution in [3.63, 3.8) is 0 Å². The second kappa shape index (κ2) is 13.0. The zero-order valence-electron chi connectivity index (χ0n) is 17.1. The van der Waals surface area contributed by atoms with Gasteiger partial charge in [-0.15, -0.1) is 0 Å². The van der Waals surface area contributed by atoms with Crippen LogP contribution in [0, 0.1) is 0 Å². The fraction of sp³-hybridized carbons (Fsp3) is 0.619. The fourth-order valence-corrected chi connectivity index (χ4v) is 2.69. The largest absolute Gasteiger partial charge is 0.490 e. The summed E-state index contributed by atoms with van der Waals surface area (Å²) < 4.78 is 15.9. The molecule has 0 spiro atoms. The van der Waals surface area contributed by atoms with Crippen LogP contribution in [0.4, 0.5) is 0 Å². The van der Waals surface area contributed by atoms with Crippen molar-refractivity contribution < 1.29 is 23.8 Å². The highest BCUT2D eigenvalue weighted by atomic mass is 16.5. The quantitative estimate of drug-likeness (QED) is 0.490. The highest BCUT2D eigenvalue weighted by molar-refractivity contribution is 5.77. The van der Waals surface area contributed by atoms with Gasteiger partial charge in [0.05, 0.1) is 26.7 Å². The number of carbonyl (C=O) groups is 2. The van der Waals surface area contributed by atoms with Gasteiger partial charge >= 0.3 is 5.97 Å². The van der Waals surface area contributed by atoms with E-state index in [1.807, 2.05) is 32.0 Å². The van der Waals surface area contributed by atoms with Gasteiger partial charge in [-0.2, -0.15) is 0 Å². The first-order valence-corrected chi connectivity index (χ1v) is 9.78. The van der Waals surface area contributed by atoms with Gasteiger partial charge in [-0.25, -0.2) is 0 Å². The normalized spacial score (nSPS) is 10.4. The van der Waals surface area contributed by atoms with Crippen LogP contribution in [-0.2, 0) is 20.7 Å². The van der Waals surface area contributed by atoms with E-state index >= 15 is 0 Å². The molecule has 0 fully saturated rings.